The number of piperazine rings is 1. The molecular formula is C20H20N4O4. The van der Waals surface area contributed by atoms with Gasteiger partial charge in [0, 0.05) is 57.1 Å². The molecule has 0 atom stereocenters. The molecule has 2 amide bonds. The number of hydrogen-bond acceptors (Lipinski definition) is 6. The average Bonchev–Trinajstić information content (AvgIpc) is 2.97. The second-order valence-corrected chi connectivity index (χ2v) is 6.91. The van der Waals surface area contributed by atoms with E-state index in [1.54, 1.807) is 36.4 Å². The number of anilines is 1. The van der Waals surface area contributed by atoms with E-state index in [9.17, 15) is 19.7 Å². The van der Waals surface area contributed by atoms with E-state index in [0.717, 1.165) is 31.9 Å². The molecule has 0 unspecified atom stereocenters. The molecule has 2 aromatic rings. The van der Waals surface area contributed by atoms with Crippen LogP contribution in [-0.2, 0) is 0 Å². The van der Waals surface area contributed by atoms with E-state index < -0.39 is 4.92 Å². The van der Waals surface area contributed by atoms with Gasteiger partial charge in [0.15, 0.2) is 0 Å². The summed E-state index contributed by atoms with van der Waals surface area (Å²) in [6, 6.07) is 13.5. The highest BCUT2D eigenvalue weighted by Crippen LogP contribution is 2.23. The first-order valence-corrected chi connectivity index (χ1v) is 9.21. The maximum absolute atomic E-state index is 12.4. The van der Waals surface area contributed by atoms with Gasteiger partial charge in [-0.05, 0) is 24.3 Å². The highest BCUT2D eigenvalue weighted by Gasteiger charge is 2.35. The summed E-state index contributed by atoms with van der Waals surface area (Å²) in [5.74, 6) is -0.435. The number of nitro benzene ring substituents is 1. The summed E-state index contributed by atoms with van der Waals surface area (Å²) in [5, 5.41) is 10.8. The molecule has 28 heavy (non-hydrogen) atoms. The average molecular weight is 380 g/mol. The molecule has 0 radical (unpaired) electrons. The van der Waals surface area contributed by atoms with Crippen molar-refractivity contribution >= 4 is 23.2 Å². The maximum Gasteiger partial charge on any atom is 0.269 e. The third-order valence-electron chi connectivity index (χ3n) is 5.32. The van der Waals surface area contributed by atoms with Gasteiger partial charge in [-0.15, -0.1) is 0 Å². The van der Waals surface area contributed by atoms with Crippen molar-refractivity contribution in [1.29, 1.82) is 0 Å². The molecular weight excluding hydrogens is 360 g/mol. The molecule has 2 aliphatic rings. The molecule has 0 N–H and O–H groups in total. The second-order valence-electron chi connectivity index (χ2n) is 6.91. The quantitative estimate of drug-likeness (QED) is 0.448. The lowest BCUT2D eigenvalue weighted by Crippen LogP contribution is -2.49. The van der Waals surface area contributed by atoms with Gasteiger partial charge in [-0.2, -0.15) is 0 Å². The second kappa shape index (κ2) is 7.40. The predicted molar refractivity (Wildman–Crippen MR) is 104 cm³/mol. The highest BCUT2D eigenvalue weighted by atomic mass is 16.6. The molecule has 2 aromatic carbocycles. The van der Waals surface area contributed by atoms with Crippen molar-refractivity contribution in [2.45, 2.75) is 0 Å². The van der Waals surface area contributed by atoms with Gasteiger partial charge < -0.3 is 4.90 Å². The van der Waals surface area contributed by atoms with Gasteiger partial charge in [0.25, 0.3) is 17.5 Å². The molecule has 1 fully saturated rings. The van der Waals surface area contributed by atoms with Crippen LogP contribution >= 0.6 is 0 Å². The predicted octanol–water partition coefficient (Wildman–Crippen LogP) is 2.01. The zero-order chi connectivity index (χ0) is 19.7. The Balaban J connectivity index is 1.30. The number of fused-ring (bicyclic) bond motifs is 1. The number of nitro groups is 1. The van der Waals surface area contributed by atoms with Crippen molar-refractivity contribution in [3.05, 3.63) is 69.8 Å². The third-order valence-corrected chi connectivity index (χ3v) is 5.32. The highest BCUT2D eigenvalue weighted by molar-refractivity contribution is 6.21. The van der Waals surface area contributed by atoms with Crippen LogP contribution in [0, 0.1) is 10.1 Å². The lowest BCUT2D eigenvalue weighted by molar-refractivity contribution is -0.384. The summed E-state index contributed by atoms with van der Waals surface area (Å²) in [4.78, 5) is 40.9. The molecule has 8 heteroatoms. The summed E-state index contributed by atoms with van der Waals surface area (Å²) in [6.45, 7) is 4.21. The first kappa shape index (κ1) is 18.1. The number of carbonyl (C=O) groups is 2. The number of hydrogen-bond donors (Lipinski definition) is 0. The third kappa shape index (κ3) is 3.34. The Morgan fingerprint density at radius 3 is 1.93 bits per heavy atom. The minimum absolute atomic E-state index is 0.0864. The van der Waals surface area contributed by atoms with E-state index in [1.807, 2.05) is 0 Å². The summed E-state index contributed by atoms with van der Waals surface area (Å²) < 4.78 is 0. The topological polar surface area (TPSA) is 87.0 Å². The Hall–Kier alpha value is -3.26. The number of carbonyl (C=O) groups excluding carboxylic acids is 2. The molecule has 1 saturated heterocycles. The van der Waals surface area contributed by atoms with E-state index in [4.69, 9.17) is 0 Å². The van der Waals surface area contributed by atoms with Crippen LogP contribution in [0.4, 0.5) is 11.4 Å². The fourth-order valence-electron chi connectivity index (χ4n) is 3.70. The summed E-state index contributed by atoms with van der Waals surface area (Å²) in [7, 11) is 0. The van der Waals surface area contributed by atoms with Crippen molar-refractivity contribution in [2.75, 3.05) is 44.2 Å². The lowest BCUT2D eigenvalue weighted by Gasteiger charge is -2.36. The normalized spacial score (nSPS) is 17.1. The summed E-state index contributed by atoms with van der Waals surface area (Å²) in [6.07, 6.45) is 0. The van der Waals surface area contributed by atoms with Crippen molar-refractivity contribution in [3.8, 4) is 0 Å². The fraction of sp³-hybridized carbons (Fsp3) is 0.300. The van der Waals surface area contributed by atoms with Crippen LogP contribution in [-0.4, -0.2) is 65.8 Å². The van der Waals surface area contributed by atoms with Gasteiger partial charge in [-0.1, -0.05) is 12.1 Å². The molecule has 2 heterocycles. The van der Waals surface area contributed by atoms with Crippen LogP contribution in [0.2, 0.25) is 0 Å². The van der Waals surface area contributed by atoms with Gasteiger partial charge in [0.2, 0.25) is 0 Å². The number of rotatable bonds is 5. The molecule has 144 valence electrons. The number of nitrogens with zero attached hydrogens (tertiary/aromatic N) is 4. The molecule has 0 bridgehead atoms. The van der Waals surface area contributed by atoms with Crippen molar-refractivity contribution in [3.63, 3.8) is 0 Å². The molecule has 2 aliphatic heterocycles. The molecule has 4 rings (SSSR count). The van der Waals surface area contributed by atoms with Gasteiger partial charge >= 0.3 is 0 Å². The summed E-state index contributed by atoms with van der Waals surface area (Å²) in [5.41, 5.74) is 2.01. The molecule has 0 spiro atoms. The number of benzene rings is 2. The molecule has 0 saturated carbocycles. The Labute approximate surface area is 162 Å². The first-order chi connectivity index (χ1) is 13.5. The Morgan fingerprint density at radius 2 is 1.39 bits per heavy atom. The first-order valence-electron chi connectivity index (χ1n) is 9.21. The fourth-order valence-corrected chi connectivity index (χ4v) is 3.70. The van der Waals surface area contributed by atoms with E-state index in [0.29, 0.717) is 24.2 Å². The van der Waals surface area contributed by atoms with Crippen molar-refractivity contribution < 1.29 is 14.5 Å². The SMILES string of the molecule is O=C1c2ccccc2C(=O)N1CCN1CCN(c2ccc([N+](=O)[O-])cc2)CC1. The van der Waals surface area contributed by atoms with Crippen molar-refractivity contribution in [2.24, 2.45) is 0 Å². The molecule has 0 aliphatic carbocycles. The summed E-state index contributed by atoms with van der Waals surface area (Å²) >= 11 is 0. The molecule has 0 aromatic heterocycles. The van der Waals surface area contributed by atoms with Gasteiger partial charge in [0.05, 0.1) is 16.1 Å². The van der Waals surface area contributed by atoms with Crippen molar-refractivity contribution in [1.82, 2.24) is 9.80 Å². The van der Waals surface area contributed by atoms with Gasteiger partial charge in [0.1, 0.15) is 0 Å². The van der Waals surface area contributed by atoms with E-state index in [-0.39, 0.29) is 17.5 Å². The molecule has 8 nitrogen and oxygen atoms in total. The Morgan fingerprint density at radius 1 is 0.821 bits per heavy atom. The van der Waals surface area contributed by atoms with Crippen LogP contribution in [0.25, 0.3) is 0 Å². The Bertz CT molecular complexity index is 885. The minimum atomic E-state index is -0.402. The zero-order valence-electron chi connectivity index (χ0n) is 15.3. The lowest BCUT2D eigenvalue weighted by atomic mass is 10.1. The van der Waals surface area contributed by atoms with Gasteiger partial charge in [-0.3, -0.25) is 29.5 Å². The van der Waals surface area contributed by atoms with Crippen LogP contribution in [0.1, 0.15) is 20.7 Å². The zero-order valence-corrected chi connectivity index (χ0v) is 15.3. The number of amides is 2. The van der Waals surface area contributed by atoms with Gasteiger partial charge in [-0.25, -0.2) is 0 Å². The maximum atomic E-state index is 12.4. The van der Waals surface area contributed by atoms with Crippen LogP contribution in [0.5, 0.6) is 0 Å². The van der Waals surface area contributed by atoms with E-state index in [1.165, 1.54) is 17.0 Å². The minimum Gasteiger partial charge on any atom is -0.369 e. The number of imide groups is 1. The van der Waals surface area contributed by atoms with Crippen LogP contribution in [0.15, 0.2) is 48.5 Å². The number of non-ortho nitro benzene ring substituents is 1. The largest absolute Gasteiger partial charge is 0.369 e. The van der Waals surface area contributed by atoms with E-state index >= 15 is 0 Å². The van der Waals surface area contributed by atoms with E-state index in [2.05, 4.69) is 9.80 Å². The smallest absolute Gasteiger partial charge is 0.269 e. The van der Waals surface area contributed by atoms with Crippen LogP contribution in [0.3, 0.4) is 0 Å². The van der Waals surface area contributed by atoms with Crippen LogP contribution < -0.4 is 4.90 Å². The Kier molecular flexibility index (Phi) is 4.79. The monoisotopic (exact) mass is 380 g/mol. The standard InChI is InChI=1S/C20H20N4O4/c25-19-17-3-1-2-4-18(17)20(26)23(19)14-11-21-9-12-22(13-10-21)15-5-7-16(8-6-15)24(27)28/h1-8H,9-14H2.